The first-order chi connectivity index (χ1) is 67.6. The van der Waals surface area contributed by atoms with Crippen molar-refractivity contribution in [1.82, 2.24) is 19.9 Å². The van der Waals surface area contributed by atoms with Crippen molar-refractivity contribution >= 4 is 168 Å². The molecule has 0 unspecified atom stereocenters. The van der Waals surface area contributed by atoms with Crippen LogP contribution in [0.1, 0.15) is 117 Å². The van der Waals surface area contributed by atoms with Crippen molar-refractivity contribution in [1.29, 1.82) is 10.5 Å². The van der Waals surface area contributed by atoms with Crippen LogP contribution in [0.25, 0.3) is 139 Å². The van der Waals surface area contributed by atoms with Crippen molar-refractivity contribution in [2.24, 2.45) is 0 Å². The first-order valence-electron chi connectivity index (χ1n) is 44.1. The molecule has 18 aromatic rings. The van der Waals surface area contributed by atoms with Gasteiger partial charge in [-0.2, -0.15) is 10.5 Å². The number of para-hydroxylation sites is 5. The van der Waals surface area contributed by atoms with Crippen LogP contribution in [0.5, 0.6) is 51.7 Å². The van der Waals surface area contributed by atoms with Gasteiger partial charge in [0.25, 0.3) is 0 Å². The zero-order valence-electron chi connectivity index (χ0n) is 79.8. The minimum Gasteiger partial charge on any atom is -0.496 e. The van der Waals surface area contributed by atoms with E-state index in [0.29, 0.717) is 56.7 Å². The maximum Gasteiger partial charge on any atom is 0.197 e. The molecule has 23 heteroatoms. The Labute approximate surface area is 820 Å². The van der Waals surface area contributed by atoms with E-state index in [0.717, 1.165) is 171 Å². The number of aromatic amines is 1. The summed E-state index contributed by atoms with van der Waals surface area (Å²) >= 11 is 5.00. The average Bonchev–Trinajstić information content (AvgIpc) is 1.03. The number of aromatic nitrogens is 4. The normalized spacial score (nSPS) is 11.4. The number of rotatable bonds is 24. The van der Waals surface area contributed by atoms with Crippen LogP contribution < -0.4 is 42.6 Å². The summed E-state index contributed by atoms with van der Waals surface area (Å²) in [5.74, 6) is 7.35. The molecule has 0 spiro atoms. The molecule has 0 radical (unpaired) electrons. The van der Waals surface area contributed by atoms with E-state index in [4.69, 9.17) is 53.6 Å². The van der Waals surface area contributed by atoms with E-state index in [-0.39, 0.29) is 19.8 Å². The molecule has 0 aliphatic carbocycles. The number of ether oxygens (including phenoxy) is 9. The van der Waals surface area contributed by atoms with Crippen LogP contribution in [0.2, 0.25) is 0 Å². The van der Waals surface area contributed by atoms with E-state index in [9.17, 15) is 25.8 Å². The monoisotopic (exact) mass is 1900 g/mol. The number of pyridine rings is 1. The summed E-state index contributed by atoms with van der Waals surface area (Å²) in [6.07, 6.45) is 17.5. The molecule has 0 amide bonds. The number of aliphatic hydroxyl groups excluding tert-OH is 3. The summed E-state index contributed by atoms with van der Waals surface area (Å²) in [7, 11) is 14.6. The zero-order chi connectivity index (χ0) is 98.6. The standard InChI is InChI=1S/C21H18N2O2.C20H20O3S.C19H16N2O2S.C19H16N2O.C19H18O3.C18H17NO2S/c1-14-10-16(12-20(24-2)21(14)25-3)17(13-22)11-18-9-8-15-6-4-5-7-19(15)23-18;1-13(7-17-9-14-5-3-4-6-20(14)24-17)15-8-16(11-21)18(12-22)19(10-15)23-2;1-12-16(22-3)9-13(10-17(12)23-4)15(20-2)11-19-21-14-7-5-6-8-18(14)24-19;1-13-6-14(12-22)8-15(7-13)16(10-20)9-17-11-21-19-5-3-2-4-18(17)19;1-13-18(20-2)10-14(11-19(13)21-3)8-9-16-12-15-6-4-5-7-17(15)22-16;1-12-15(20-2)10-13(11-16(12)21-3)8-9-18-19-14-6-4-5-7-17(14)22-18/h4-12H,1-3H3;3-10,21-22H,11-12H2,1-2H3;5-11H,1,3-4H3;2-9,11,21-22H,12H2,1H3;4-12H,1-3H3;4-11H,1-3H3/b17-11+;13-7-;15-11-;16-9+;2*9-8+. The topological polar surface area (TPSA) is 263 Å². The molecule has 0 fully saturated rings. The molecule has 0 saturated heterocycles. The van der Waals surface area contributed by atoms with Gasteiger partial charge >= 0.3 is 0 Å². The number of thiophene rings is 1. The van der Waals surface area contributed by atoms with Gasteiger partial charge in [-0.25, -0.2) is 19.8 Å². The molecule has 6 aromatic heterocycles. The number of benzene rings is 12. The maximum absolute atomic E-state index is 9.62. The van der Waals surface area contributed by atoms with Gasteiger partial charge in [-0.1, -0.05) is 133 Å². The number of nitrogens with zero attached hydrogens (tertiary/aromatic N) is 6. The van der Waals surface area contributed by atoms with Crippen LogP contribution in [0.3, 0.4) is 0 Å². The fourth-order valence-electron chi connectivity index (χ4n) is 15.5. The number of hydrogen-bond acceptors (Lipinski definition) is 21. The number of H-pyrrole nitrogens is 1. The van der Waals surface area contributed by atoms with Crippen molar-refractivity contribution in [3.63, 3.8) is 0 Å². The van der Waals surface area contributed by atoms with Crippen LogP contribution in [0.15, 0.2) is 259 Å². The number of allylic oxidation sites excluding steroid dienone is 3. The Morgan fingerprint density at radius 2 is 0.950 bits per heavy atom. The first-order valence-corrected chi connectivity index (χ1v) is 46.6. The summed E-state index contributed by atoms with van der Waals surface area (Å²) in [6.45, 7) is 19.0. The van der Waals surface area contributed by atoms with Crippen LogP contribution in [-0.4, -0.2) is 99.2 Å². The highest BCUT2D eigenvalue weighted by molar-refractivity contribution is 7.20. The third-order valence-corrected chi connectivity index (χ3v) is 25.7. The minimum absolute atomic E-state index is 0.0273. The highest BCUT2D eigenvalue weighted by atomic mass is 32.1. The van der Waals surface area contributed by atoms with Gasteiger partial charge in [0.1, 0.15) is 61.6 Å². The quantitative estimate of drug-likeness (QED) is 0.0324. The van der Waals surface area contributed by atoms with Crippen LogP contribution in [0.4, 0.5) is 0 Å². The molecule has 20 nitrogen and oxygen atoms in total. The number of nitrogens with one attached hydrogen (secondary N) is 1. The average molecular weight is 1900 g/mol. The lowest BCUT2D eigenvalue weighted by Crippen LogP contribution is -2.00. The number of furan rings is 1. The molecule has 139 heavy (non-hydrogen) atoms. The second-order valence-electron chi connectivity index (χ2n) is 31.7. The highest BCUT2D eigenvalue weighted by Gasteiger charge is 2.19. The summed E-state index contributed by atoms with van der Waals surface area (Å²) in [5, 5.41) is 53.8. The lowest BCUT2D eigenvalue weighted by atomic mass is 9.99. The van der Waals surface area contributed by atoms with E-state index in [1.807, 2.05) is 303 Å². The Morgan fingerprint density at radius 3 is 1.52 bits per heavy atom. The molecule has 0 aliphatic heterocycles. The molecule has 0 aliphatic rings. The van der Waals surface area contributed by atoms with E-state index in [1.54, 1.807) is 110 Å². The molecule has 700 valence electrons. The van der Waals surface area contributed by atoms with Gasteiger partial charge in [0.15, 0.2) is 17.2 Å². The van der Waals surface area contributed by atoms with Crippen molar-refractivity contribution in [3.05, 3.63) is 376 Å². The second kappa shape index (κ2) is 48.4. The number of fused-ring (bicyclic) bond motifs is 6. The van der Waals surface area contributed by atoms with Gasteiger partial charge < -0.3 is 67.4 Å². The maximum atomic E-state index is 9.62. The first kappa shape index (κ1) is 100. The summed E-state index contributed by atoms with van der Waals surface area (Å²) in [4.78, 5) is 21.8. The van der Waals surface area contributed by atoms with Crippen LogP contribution in [0, 0.1) is 63.9 Å². The molecule has 4 N–H and O–H groups in total. The number of methoxy groups -OCH3 is 9. The van der Waals surface area contributed by atoms with Crippen molar-refractivity contribution in [2.45, 2.75) is 61.4 Å². The highest BCUT2D eigenvalue weighted by Crippen LogP contribution is 2.40. The van der Waals surface area contributed by atoms with Gasteiger partial charge in [-0.15, -0.1) is 34.0 Å². The molecule has 12 aromatic carbocycles. The van der Waals surface area contributed by atoms with Gasteiger partial charge in [-0.05, 0) is 272 Å². The molecule has 18 rings (SSSR count). The fourth-order valence-corrected chi connectivity index (χ4v) is 18.4. The Bertz CT molecular complexity index is 7400. The third-order valence-electron chi connectivity index (χ3n) is 22.7. The molecule has 6 heterocycles. The Kier molecular flexibility index (Phi) is 34.9. The summed E-state index contributed by atoms with van der Waals surface area (Å²) in [5.41, 5.74) is 21.6. The third kappa shape index (κ3) is 25.1. The van der Waals surface area contributed by atoms with Crippen molar-refractivity contribution in [2.75, 3.05) is 64.0 Å². The van der Waals surface area contributed by atoms with Crippen LogP contribution in [-0.2, 0) is 19.8 Å². The Hall–Kier alpha value is -16.1. The molecule has 0 saturated carbocycles. The number of aliphatic hydroxyl groups is 3. The van der Waals surface area contributed by atoms with Gasteiger partial charge in [0.05, 0.1) is 145 Å². The summed E-state index contributed by atoms with van der Waals surface area (Å²) in [6, 6.07) is 85.9. The SMILES string of the molecule is COc1cc(/C(C#N)=C/c2ccc3ccccc3n2)cc(C)c1OC.COc1cc(/C(C)=C\c2cc3ccccc3s2)cc(CO)c1CO.COc1cc(/C=C/c2cc3ccccc3o2)cc(OC)c1C.COc1cc(/C=C/c2nc3ccccc3s2)cc(OC)c1C.Cc1cc(CO)cc(/C(C#N)=C/c2c[nH]c3ccccc23)c1.[C-]#[N+]/C(=C\c1nc2ccccc2s1)c1cc(OC)c(C)c(OC)c1. The number of thiazole rings is 2. The van der Waals surface area contributed by atoms with Crippen molar-refractivity contribution in [3.8, 4) is 63.9 Å². The Morgan fingerprint density at radius 1 is 0.432 bits per heavy atom. The van der Waals surface area contributed by atoms with E-state index in [2.05, 4.69) is 67.3 Å². The molecule has 0 bridgehead atoms. The van der Waals surface area contributed by atoms with Gasteiger partial charge in [-0.3, -0.25) is 0 Å². The lowest BCUT2D eigenvalue weighted by molar-refractivity contribution is 0.254. The number of nitriles is 2. The van der Waals surface area contributed by atoms with Gasteiger partial charge in [0, 0.05) is 65.3 Å². The van der Waals surface area contributed by atoms with E-state index >= 15 is 0 Å². The van der Waals surface area contributed by atoms with Crippen LogP contribution >= 0.6 is 34.0 Å². The molecule has 0 atom stereocenters. The largest absolute Gasteiger partial charge is 0.496 e. The van der Waals surface area contributed by atoms with E-state index < -0.39 is 0 Å². The smallest absolute Gasteiger partial charge is 0.197 e. The Balaban J connectivity index is 0.000000141. The minimum atomic E-state index is -0.154. The van der Waals surface area contributed by atoms with Gasteiger partial charge in [0.2, 0.25) is 0 Å². The fraction of sp³-hybridized carbons (Fsp3) is 0.155. The zero-order valence-corrected chi connectivity index (χ0v) is 82.3. The van der Waals surface area contributed by atoms with Crippen molar-refractivity contribution < 1.29 is 62.4 Å². The van der Waals surface area contributed by atoms with E-state index in [1.165, 1.54) is 19.7 Å². The summed E-state index contributed by atoms with van der Waals surface area (Å²) < 4.78 is 57.8. The predicted molar refractivity (Wildman–Crippen MR) is 569 cm³/mol. The number of hydrogen-bond donors (Lipinski definition) is 4. The number of aryl methyl sites for hydroxylation is 2. The second-order valence-corrected chi connectivity index (χ2v) is 35.0. The predicted octanol–water partition coefficient (Wildman–Crippen LogP) is 27.9. The lowest BCUT2D eigenvalue weighted by Gasteiger charge is -2.14. The molecular weight excluding hydrogens is 1800 g/mol. The molecular formula is C116H105N7O13S3.